The Balaban J connectivity index is 1.46. The van der Waals surface area contributed by atoms with E-state index < -0.39 is 6.10 Å². The fourth-order valence-corrected chi connectivity index (χ4v) is 4.66. The minimum absolute atomic E-state index is 0.455. The van der Waals surface area contributed by atoms with Crippen molar-refractivity contribution in [2.75, 3.05) is 13.7 Å². The van der Waals surface area contributed by atoms with Crippen LogP contribution < -0.4 is 9.47 Å². The first-order chi connectivity index (χ1) is 17.6. The van der Waals surface area contributed by atoms with E-state index in [0.29, 0.717) is 42.9 Å². The van der Waals surface area contributed by atoms with Crippen molar-refractivity contribution < 1.29 is 14.6 Å². The lowest BCUT2D eigenvalue weighted by atomic mass is 10.1. The van der Waals surface area contributed by atoms with Gasteiger partial charge in [-0.1, -0.05) is 72.8 Å². The Morgan fingerprint density at radius 2 is 1.58 bits per heavy atom. The molecule has 1 aliphatic rings. The van der Waals surface area contributed by atoms with Gasteiger partial charge in [0.15, 0.2) is 11.5 Å². The summed E-state index contributed by atoms with van der Waals surface area (Å²) in [4.78, 5) is 2.38. The number of hydrogen-bond acceptors (Lipinski definition) is 5. The number of aromatic nitrogens is 2. The average molecular weight is 484 g/mol. The van der Waals surface area contributed by atoms with Crippen LogP contribution in [0.3, 0.4) is 0 Å². The van der Waals surface area contributed by atoms with E-state index in [9.17, 15) is 5.11 Å². The van der Waals surface area contributed by atoms with Crippen LogP contribution in [0.1, 0.15) is 24.0 Å². The number of aryl methyl sites for hydroxylation is 1. The molecular weight excluding hydrogens is 450 g/mol. The molecule has 1 aromatic heterocycles. The van der Waals surface area contributed by atoms with Gasteiger partial charge in [-0.15, -0.1) is 0 Å². The SMILES string of the molecule is COc1ccccc1Oc1c(CN(CC(O)Cc2ccccc2)C2CC2)c(-c2ccccc2)nn1C. The highest BCUT2D eigenvalue weighted by Crippen LogP contribution is 2.39. The number of methoxy groups -OCH3 is 1. The second-order valence-electron chi connectivity index (χ2n) is 9.38. The molecule has 1 unspecified atom stereocenters. The molecule has 4 aromatic rings. The number of benzene rings is 3. The highest BCUT2D eigenvalue weighted by Gasteiger charge is 2.33. The molecule has 5 rings (SSSR count). The van der Waals surface area contributed by atoms with Crippen molar-refractivity contribution in [2.24, 2.45) is 7.05 Å². The number of nitrogens with zero attached hydrogens (tertiary/aromatic N) is 3. The van der Waals surface area contributed by atoms with Gasteiger partial charge in [0, 0.05) is 31.7 Å². The molecule has 36 heavy (non-hydrogen) atoms. The fraction of sp³-hybridized carbons (Fsp3) is 0.300. The number of aliphatic hydroxyl groups is 1. The predicted molar refractivity (Wildman–Crippen MR) is 141 cm³/mol. The van der Waals surface area contributed by atoms with Gasteiger partial charge in [-0.25, -0.2) is 4.68 Å². The van der Waals surface area contributed by atoms with Crippen molar-refractivity contribution in [3.63, 3.8) is 0 Å². The maximum Gasteiger partial charge on any atom is 0.222 e. The van der Waals surface area contributed by atoms with E-state index in [1.54, 1.807) is 11.8 Å². The third kappa shape index (κ3) is 5.61. The van der Waals surface area contributed by atoms with Gasteiger partial charge in [0.1, 0.15) is 5.69 Å². The molecule has 3 aromatic carbocycles. The first-order valence-corrected chi connectivity index (χ1v) is 12.5. The van der Waals surface area contributed by atoms with Crippen LogP contribution in [-0.2, 0) is 20.0 Å². The van der Waals surface area contributed by atoms with E-state index >= 15 is 0 Å². The molecule has 1 aliphatic carbocycles. The lowest BCUT2D eigenvalue weighted by Gasteiger charge is -2.25. The van der Waals surface area contributed by atoms with Gasteiger partial charge >= 0.3 is 0 Å². The van der Waals surface area contributed by atoms with Gasteiger partial charge in [0.2, 0.25) is 5.88 Å². The Morgan fingerprint density at radius 3 is 2.25 bits per heavy atom. The van der Waals surface area contributed by atoms with E-state index in [-0.39, 0.29) is 0 Å². The molecule has 186 valence electrons. The van der Waals surface area contributed by atoms with Gasteiger partial charge in [0.05, 0.1) is 18.8 Å². The van der Waals surface area contributed by atoms with Crippen molar-refractivity contribution in [2.45, 2.75) is 38.0 Å². The van der Waals surface area contributed by atoms with Gasteiger partial charge in [-0.2, -0.15) is 5.10 Å². The van der Waals surface area contributed by atoms with Crippen LogP contribution >= 0.6 is 0 Å². The zero-order chi connectivity index (χ0) is 24.9. The van der Waals surface area contributed by atoms with E-state index in [4.69, 9.17) is 14.6 Å². The van der Waals surface area contributed by atoms with Crippen molar-refractivity contribution >= 4 is 0 Å². The first-order valence-electron chi connectivity index (χ1n) is 12.5. The summed E-state index contributed by atoms with van der Waals surface area (Å²) in [5.74, 6) is 2.00. The molecule has 0 aliphatic heterocycles. The van der Waals surface area contributed by atoms with Crippen LogP contribution in [0.4, 0.5) is 0 Å². The molecule has 0 spiro atoms. The quantitative estimate of drug-likeness (QED) is 0.307. The molecule has 1 heterocycles. The number of hydrogen-bond donors (Lipinski definition) is 1. The summed E-state index contributed by atoms with van der Waals surface area (Å²) >= 11 is 0. The monoisotopic (exact) mass is 483 g/mol. The second kappa shape index (κ2) is 11.0. The summed E-state index contributed by atoms with van der Waals surface area (Å²) in [6, 6.07) is 28.5. The normalized spacial score (nSPS) is 14.1. The van der Waals surface area contributed by atoms with Crippen molar-refractivity contribution in [1.82, 2.24) is 14.7 Å². The number of ether oxygens (including phenoxy) is 2. The zero-order valence-corrected chi connectivity index (χ0v) is 20.9. The summed E-state index contributed by atoms with van der Waals surface area (Å²) in [7, 11) is 3.55. The summed E-state index contributed by atoms with van der Waals surface area (Å²) in [6.07, 6.45) is 2.46. The maximum absolute atomic E-state index is 11.0. The second-order valence-corrected chi connectivity index (χ2v) is 9.38. The standard InChI is InChI=1S/C30H33N3O3/c1-32-30(36-28-16-10-9-15-27(28)35-2)26(29(31-32)23-13-7-4-8-14-23)21-33(24-17-18-24)20-25(34)19-22-11-5-3-6-12-22/h3-16,24-25,34H,17-21H2,1-2H3. The van der Waals surface area contributed by atoms with Crippen LogP contribution in [0.5, 0.6) is 17.4 Å². The molecule has 0 bridgehead atoms. The van der Waals surface area contributed by atoms with Crippen LogP contribution in [0.2, 0.25) is 0 Å². The van der Waals surface area contributed by atoms with Gasteiger partial charge in [-0.3, -0.25) is 4.90 Å². The van der Waals surface area contributed by atoms with E-state index in [2.05, 4.69) is 29.2 Å². The smallest absolute Gasteiger partial charge is 0.222 e. The van der Waals surface area contributed by atoms with E-state index in [1.165, 1.54) is 0 Å². The Hall–Kier alpha value is -3.61. The molecule has 0 radical (unpaired) electrons. The lowest BCUT2D eigenvalue weighted by molar-refractivity contribution is 0.104. The molecule has 1 atom stereocenters. The van der Waals surface area contributed by atoms with Crippen LogP contribution in [0, 0.1) is 0 Å². The summed E-state index contributed by atoms with van der Waals surface area (Å²) < 4.78 is 13.8. The van der Waals surface area contributed by atoms with E-state index in [0.717, 1.165) is 35.2 Å². The predicted octanol–water partition coefficient (Wildman–Crippen LogP) is 5.46. The summed E-state index contributed by atoms with van der Waals surface area (Å²) in [5.41, 5.74) is 4.09. The number of aliphatic hydroxyl groups excluding tert-OH is 1. The van der Waals surface area contributed by atoms with Gasteiger partial charge in [0.25, 0.3) is 0 Å². The average Bonchev–Trinajstić information content (AvgIpc) is 3.71. The van der Waals surface area contributed by atoms with Crippen LogP contribution in [-0.4, -0.2) is 45.6 Å². The van der Waals surface area contributed by atoms with Crippen LogP contribution in [0.15, 0.2) is 84.9 Å². The van der Waals surface area contributed by atoms with E-state index in [1.807, 2.05) is 67.7 Å². The van der Waals surface area contributed by atoms with Crippen LogP contribution in [0.25, 0.3) is 11.3 Å². The lowest BCUT2D eigenvalue weighted by Crippen LogP contribution is -2.35. The van der Waals surface area contributed by atoms with Crippen molar-refractivity contribution in [3.05, 3.63) is 96.1 Å². The molecule has 1 fully saturated rings. The molecule has 0 saturated heterocycles. The minimum Gasteiger partial charge on any atom is -0.493 e. The fourth-order valence-electron chi connectivity index (χ4n) is 4.66. The number of para-hydroxylation sites is 2. The number of rotatable bonds is 11. The Labute approximate surface area is 212 Å². The zero-order valence-electron chi connectivity index (χ0n) is 20.9. The largest absolute Gasteiger partial charge is 0.493 e. The molecule has 1 saturated carbocycles. The Kier molecular flexibility index (Phi) is 7.35. The third-order valence-electron chi connectivity index (χ3n) is 6.59. The highest BCUT2D eigenvalue weighted by atomic mass is 16.5. The molecular formula is C30H33N3O3. The van der Waals surface area contributed by atoms with Gasteiger partial charge < -0.3 is 14.6 Å². The van der Waals surface area contributed by atoms with Gasteiger partial charge in [-0.05, 0) is 37.0 Å². The summed E-state index contributed by atoms with van der Waals surface area (Å²) in [5, 5.41) is 15.9. The molecule has 1 N–H and O–H groups in total. The third-order valence-corrected chi connectivity index (χ3v) is 6.59. The molecule has 6 heteroatoms. The minimum atomic E-state index is -0.455. The summed E-state index contributed by atoms with van der Waals surface area (Å²) in [6.45, 7) is 1.23. The molecule has 6 nitrogen and oxygen atoms in total. The topological polar surface area (TPSA) is 59.8 Å². The maximum atomic E-state index is 11.0. The first kappa shape index (κ1) is 24.1. The molecule has 0 amide bonds. The Morgan fingerprint density at radius 1 is 0.944 bits per heavy atom. The van der Waals surface area contributed by atoms with Crippen molar-refractivity contribution in [1.29, 1.82) is 0 Å². The van der Waals surface area contributed by atoms with Crippen molar-refractivity contribution in [3.8, 4) is 28.6 Å². The highest BCUT2D eigenvalue weighted by molar-refractivity contribution is 5.66. The Bertz CT molecular complexity index is 1270.